The van der Waals surface area contributed by atoms with Crippen LogP contribution in [0.2, 0.25) is 0 Å². The molecule has 0 bridgehead atoms. The standard InChI is InChI=1S/C16H12BrFN2O/c17-14-10-11(18)6-7-13(14)16(21)15-8-9-19-20(15)12-4-2-1-3-5-12/h1-10,16,21H. The van der Waals surface area contributed by atoms with Crippen molar-refractivity contribution in [2.24, 2.45) is 0 Å². The van der Waals surface area contributed by atoms with E-state index in [0.29, 0.717) is 15.7 Å². The molecule has 0 saturated heterocycles. The van der Waals surface area contributed by atoms with Gasteiger partial charge in [0.2, 0.25) is 0 Å². The molecule has 3 rings (SSSR count). The average Bonchev–Trinajstić information content (AvgIpc) is 2.97. The molecular formula is C16H12BrFN2O. The van der Waals surface area contributed by atoms with Gasteiger partial charge in [-0.2, -0.15) is 5.10 Å². The summed E-state index contributed by atoms with van der Waals surface area (Å²) in [6, 6.07) is 15.5. The average molecular weight is 347 g/mol. The molecule has 0 saturated carbocycles. The van der Waals surface area contributed by atoms with Gasteiger partial charge in [-0.3, -0.25) is 0 Å². The third kappa shape index (κ3) is 2.75. The molecule has 2 aromatic carbocycles. The maximum absolute atomic E-state index is 13.2. The van der Waals surface area contributed by atoms with Gasteiger partial charge in [0.25, 0.3) is 0 Å². The molecule has 1 unspecified atom stereocenters. The minimum atomic E-state index is -0.900. The van der Waals surface area contributed by atoms with Crippen molar-refractivity contribution in [3.63, 3.8) is 0 Å². The second kappa shape index (κ2) is 5.79. The van der Waals surface area contributed by atoms with E-state index < -0.39 is 6.10 Å². The molecule has 0 spiro atoms. The Labute approximate surface area is 129 Å². The second-order valence-corrected chi connectivity index (χ2v) is 5.43. The van der Waals surface area contributed by atoms with E-state index in [2.05, 4.69) is 21.0 Å². The minimum Gasteiger partial charge on any atom is -0.382 e. The third-order valence-corrected chi connectivity index (χ3v) is 3.90. The van der Waals surface area contributed by atoms with Crippen LogP contribution >= 0.6 is 15.9 Å². The lowest BCUT2D eigenvalue weighted by molar-refractivity contribution is 0.211. The van der Waals surface area contributed by atoms with Crippen LogP contribution in [-0.4, -0.2) is 14.9 Å². The normalized spacial score (nSPS) is 12.3. The largest absolute Gasteiger partial charge is 0.382 e. The molecule has 1 aromatic heterocycles. The molecule has 0 radical (unpaired) electrons. The summed E-state index contributed by atoms with van der Waals surface area (Å²) in [5.74, 6) is -0.352. The van der Waals surface area contributed by atoms with Gasteiger partial charge >= 0.3 is 0 Å². The van der Waals surface area contributed by atoms with E-state index in [1.807, 2.05) is 30.3 Å². The summed E-state index contributed by atoms with van der Waals surface area (Å²) < 4.78 is 15.4. The fraction of sp³-hybridized carbons (Fsp3) is 0.0625. The lowest BCUT2D eigenvalue weighted by Gasteiger charge is -2.15. The SMILES string of the molecule is OC(c1ccc(F)cc1Br)c1ccnn1-c1ccccc1. The van der Waals surface area contributed by atoms with Gasteiger partial charge in [0.15, 0.2) is 0 Å². The first-order chi connectivity index (χ1) is 10.2. The highest BCUT2D eigenvalue weighted by Gasteiger charge is 2.19. The van der Waals surface area contributed by atoms with Crippen molar-refractivity contribution in [2.45, 2.75) is 6.10 Å². The Hall–Kier alpha value is -1.98. The van der Waals surface area contributed by atoms with Gasteiger partial charge in [-0.05, 0) is 30.3 Å². The topological polar surface area (TPSA) is 38.1 Å². The molecule has 21 heavy (non-hydrogen) atoms. The van der Waals surface area contributed by atoms with Crippen molar-refractivity contribution in [1.82, 2.24) is 9.78 Å². The van der Waals surface area contributed by atoms with E-state index in [-0.39, 0.29) is 5.82 Å². The zero-order chi connectivity index (χ0) is 14.8. The molecule has 3 aromatic rings. The Bertz CT molecular complexity index is 758. The lowest BCUT2D eigenvalue weighted by atomic mass is 10.1. The number of hydrogen-bond acceptors (Lipinski definition) is 2. The van der Waals surface area contributed by atoms with Crippen LogP contribution in [-0.2, 0) is 0 Å². The first-order valence-corrected chi connectivity index (χ1v) is 7.18. The number of aromatic nitrogens is 2. The highest BCUT2D eigenvalue weighted by atomic mass is 79.9. The molecular weight excluding hydrogens is 335 g/mol. The van der Waals surface area contributed by atoms with Gasteiger partial charge in [0.1, 0.15) is 11.9 Å². The Morgan fingerprint density at radius 1 is 1.10 bits per heavy atom. The van der Waals surface area contributed by atoms with Crippen LogP contribution in [0.5, 0.6) is 0 Å². The van der Waals surface area contributed by atoms with Gasteiger partial charge in [-0.25, -0.2) is 9.07 Å². The number of aliphatic hydroxyl groups excluding tert-OH is 1. The maximum atomic E-state index is 13.2. The van der Waals surface area contributed by atoms with E-state index in [9.17, 15) is 9.50 Å². The third-order valence-electron chi connectivity index (χ3n) is 3.21. The zero-order valence-electron chi connectivity index (χ0n) is 10.9. The number of nitrogens with zero attached hydrogens (tertiary/aromatic N) is 2. The van der Waals surface area contributed by atoms with Crippen LogP contribution < -0.4 is 0 Å². The summed E-state index contributed by atoms with van der Waals surface area (Å²) in [4.78, 5) is 0. The van der Waals surface area contributed by atoms with E-state index in [4.69, 9.17) is 0 Å². The summed E-state index contributed by atoms with van der Waals surface area (Å²) in [5, 5.41) is 14.8. The number of hydrogen-bond donors (Lipinski definition) is 1. The van der Waals surface area contributed by atoms with Crippen LogP contribution in [0, 0.1) is 5.82 Å². The summed E-state index contributed by atoms with van der Waals surface area (Å²) in [5.41, 5.74) is 2.07. The molecule has 1 N–H and O–H groups in total. The van der Waals surface area contributed by atoms with Gasteiger partial charge in [0, 0.05) is 16.2 Å². The molecule has 0 aliphatic heterocycles. The molecule has 0 aliphatic carbocycles. The van der Waals surface area contributed by atoms with Crippen LogP contribution in [0.3, 0.4) is 0 Å². The van der Waals surface area contributed by atoms with Crippen LogP contribution in [0.1, 0.15) is 17.4 Å². The zero-order valence-corrected chi connectivity index (χ0v) is 12.5. The number of aliphatic hydroxyl groups is 1. The molecule has 3 nitrogen and oxygen atoms in total. The Balaban J connectivity index is 2.03. The Morgan fingerprint density at radius 3 is 2.57 bits per heavy atom. The summed E-state index contributed by atoms with van der Waals surface area (Å²) in [6.07, 6.45) is 0.728. The molecule has 0 aliphatic rings. The summed E-state index contributed by atoms with van der Waals surface area (Å²) >= 11 is 3.28. The fourth-order valence-corrected chi connectivity index (χ4v) is 2.76. The van der Waals surface area contributed by atoms with E-state index in [0.717, 1.165) is 5.69 Å². The minimum absolute atomic E-state index is 0.352. The van der Waals surface area contributed by atoms with E-state index in [1.54, 1.807) is 23.0 Å². The van der Waals surface area contributed by atoms with Crippen molar-refractivity contribution in [3.05, 3.63) is 82.3 Å². The van der Waals surface area contributed by atoms with Crippen molar-refractivity contribution < 1.29 is 9.50 Å². The van der Waals surface area contributed by atoms with E-state index >= 15 is 0 Å². The predicted molar refractivity (Wildman–Crippen MR) is 81.7 cm³/mol. The van der Waals surface area contributed by atoms with Gasteiger partial charge in [0.05, 0.1) is 11.4 Å². The Kier molecular flexibility index (Phi) is 3.86. The van der Waals surface area contributed by atoms with Gasteiger partial charge < -0.3 is 5.11 Å². The van der Waals surface area contributed by atoms with Gasteiger partial charge in [-0.1, -0.05) is 40.2 Å². The highest BCUT2D eigenvalue weighted by Crippen LogP contribution is 2.30. The highest BCUT2D eigenvalue weighted by molar-refractivity contribution is 9.10. The first kappa shape index (κ1) is 14.0. The predicted octanol–water partition coefficient (Wildman–Crippen LogP) is 3.86. The van der Waals surface area contributed by atoms with Crippen molar-refractivity contribution in [2.75, 3.05) is 0 Å². The van der Waals surface area contributed by atoms with Crippen molar-refractivity contribution in [1.29, 1.82) is 0 Å². The molecule has 0 amide bonds. The van der Waals surface area contributed by atoms with Gasteiger partial charge in [-0.15, -0.1) is 0 Å². The Morgan fingerprint density at radius 2 is 1.86 bits per heavy atom. The molecule has 0 fully saturated rings. The van der Waals surface area contributed by atoms with Crippen LogP contribution in [0.25, 0.3) is 5.69 Å². The smallest absolute Gasteiger partial charge is 0.124 e. The molecule has 106 valence electrons. The fourth-order valence-electron chi connectivity index (χ4n) is 2.19. The quantitative estimate of drug-likeness (QED) is 0.781. The summed E-state index contributed by atoms with van der Waals surface area (Å²) in [7, 11) is 0. The second-order valence-electron chi connectivity index (χ2n) is 4.57. The maximum Gasteiger partial charge on any atom is 0.124 e. The van der Waals surface area contributed by atoms with Crippen molar-refractivity contribution >= 4 is 15.9 Å². The summed E-state index contributed by atoms with van der Waals surface area (Å²) in [6.45, 7) is 0. The number of rotatable bonds is 3. The van der Waals surface area contributed by atoms with Crippen LogP contribution in [0.15, 0.2) is 65.3 Å². The molecule has 1 heterocycles. The lowest BCUT2D eigenvalue weighted by Crippen LogP contribution is -2.09. The number of halogens is 2. The first-order valence-electron chi connectivity index (χ1n) is 6.39. The molecule has 5 heteroatoms. The van der Waals surface area contributed by atoms with E-state index in [1.165, 1.54) is 12.1 Å². The van der Waals surface area contributed by atoms with Crippen LogP contribution in [0.4, 0.5) is 4.39 Å². The van der Waals surface area contributed by atoms with Crippen molar-refractivity contribution in [3.8, 4) is 5.69 Å². The number of benzene rings is 2. The number of para-hydroxylation sites is 1. The monoisotopic (exact) mass is 346 g/mol. The molecule has 1 atom stereocenters.